The summed E-state index contributed by atoms with van der Waals surface area (Å²) in [6.07, 6.45) is 5.98. The molecule has 1 aliphatic heterocycles. The van der Waals surface area contributed by atoms with Crippen molar-refractivity contribution in [2.24, 2.45) is 11.3 Å². The van der Waals surface area contributed by atoms with Crippen LogP contribution in [0, 0.1) is 11.3 Å². The lowest BCUT2D eigenvalue weighted by Crippen LogP contribution is -2.29. The van der Waals surface area contributed by atoms with Gasteiger partial charge in [0.25, 0.3) is 0 Å². The van der Waals surface area contributed by atoms with Crippen molar-refractivity contribution >= 4 is 5.91 Å². The molecule has 1 amide bonds. The zero-order valence-corrected chi connectivity index (χ0v) is 7.73. The van der Waals surface area contributed by atoms with Crippen LogP contribution in [0.25, 0.3) is 0 Å². The summed E-state index contributed by atoms with van der Waals surface area (Å²) in [6.45, 7) is 3.25. The summed E-state index contributed by atoms with van der Waals surface area (Å²) >= 11 is 0. The van der Waals surface area contributed by atoms with Gasteiger partial charge < -0.3 is 5.32 Å². The molecule has 2 rings (SSSR count). The minimum Gasteiger partial charge on any atom is -0.356 e. The van der Waals surface area contributed by atoms with Crippen molar-refractivity contribution in [3.05, 3.63) is 0 Å². The Morgan fingerprint density at radius 2 is 2.42 bits per heavy atom. The average Bonchev–Trinajstić information content (AvgIpc) is 2.32. The van der Waals surface area contributed by atoms with Crippen molar-refractivity contribution in [1.82, 2.24) is 5.32 Å². The Hall–Kier alpha value is -0.530. The molecular formula is C10H17NO. The number of carbonyl (C=O) groups excluding carboxylic acids is 1. The highest BCUT2D eigenvalue weighted by Gasteiger charge is 2.40. The van der Waals surface area contributed by atoms with E-state index >= 15 is 0 Å². The first-order chi connectivity index (χ1) is 5.70. The number of nitrogens with one attached hydrogen (secondary N) is 1. The maximum absolute atomic E-state index is 11.1. The number of carbonyl (C=O) groups is 1. The van der Waals surface area contributed by atoms with Crippen molar-refractivity contribution in [2.75, 3.05) is 6.54 Å². The highest BCUT2D eigenvalue weighted by molar-refractivity contribution is 5.79. The lowest BCUT2D eigenvalue weighted by molar-refractivity contribution is -0.119. The normalized spacial score (nSPS) is 41.8. The number of hydrogen-bond donors (Lipinski definition) is 1. The van der Waals surface area contributed by atoms with Crippen LogP contribution < -0.4 is 5.32 Å². The summed E-state index contributed by atoms with van der Waals surface area (Å²) in [5.74, 6) is 1.09. The van der Waals surface area contributed by atoms with Crippen LogP contribution in [0.5, 0.6) is 0 Å². The fourth-order valence-electron chi connectivity index (χ4n) is 2.84. The Labute approximate surface area is 73.7 Å². The van der Waals surface area contributed by atoms with E-state index in [4.69, 9.17) is 0 Å². The largest absolute Gasteiger partial charge is 0.356 e. The summed E-state index contributed by atoms with van der Waals surface area (Å²) in [5.41, 5.74) is 0.356. The minimum atomic E-state index is 0.268. The zero-order chi connectivity index (χ0) is 8.60. The van der Waals surface area contributed by atoms with Gasteiger partial charge in [0.05, 0.1) is 0 Å². The Morgan fingerprint density at radius 3 is 3.00 bits per heavy atom. The van der Waals surface area contributed by atoms with E-state index in [2.05, 4.69) is 12.2 Å². The molecule has 68 valence electrons. The molecule has 0 aromatic rings. The Kier molecular flexibility index (Phi) is 1.85. The molecule has 2 nitrogen and oxygen atoms in total. The predicted molar refractivity (Wildman–Crippen MR) is 47.7 cm³/mol. The van der Waals surface area contributed by atoms with Crippen LogP contribution in [0.3, 0.4) is 0 Å². The van der Waals surface area contributed by atoms with Gasteiger partial charge in [0, 0.05) is 13.0 Å². The molecule has 2 atom stereocenters. The van der Waals surface area contributed by atoms with Gasteiger partial charge in [0.15, 0.2) is 0 Å². The molecular weight excluding hydrogens is 150 g/mol. The predicted octanol–water partition coefficient (Wildman–Crippen LogP) is 1.70. The molecule has 0 radical (unpaired) electrons. The summed E-state index contributed by atoms with van der Waals surface area (Å²) in [5, 5.41) is 2.96. The van der Waals surface area contributed by atoms with E-state index in [0.29, 0.717) is 5.41 Å². The van der Waals surface area contributed by atoms with Gasteiger partial charge in [-0.1, -0.05) is 19.8 Å². The molecule has 1 saturated heterocycles. The monoisotopic (exact) mass is 167 g/mol. The molecule has 0 unspecified atom stereocenters. The van der Waals surface area contributed by atoms with Crippen LogP contribution in [0.1, 0.15) is 39.0 Å². The van der Waals surface area contributed by atoms with Gasteiger partial charge in [-0.2, -0.15) is 0 Å². The Morgan fingerprint density at radius 1 is 1.58 bits per heavy atom. The molecule has 2 fully saturated rings. The highest BCUT2D eigenvalue weighted by atomic mass is 16.1. The molecule has 1 saturated carbocycles. The Balaban J connectivity index is 2.05. The van der Waals surface area contributed by atoms with Gasteiger partial charge in [-0.25, -0.2) is 0 Å². The maximum atomic E-state index is 11.1. The van der Waals surface area contributed by atoms with Crippen molar-refractivity contribution in [3.8, 4) is 0 Å². The van der Waals surface area contributed by atoms with Gasteiger partial charge in [-0.05, 0) is 24.2 Å². The molecule has 12 heavy (non-hydrogen) atoms. The van der Waals surface area contributed by atoms with Crippen molar-refractivity contribution in [2.45, 2.75) is 39.0 Å². The fourth-order valence-corrected chi connectivity index (χ4v) is 2.84. The van der Waals surface area contributed by atoms with Crippen LogP contribution >= 0.6 is 0 Å². The van der Waals surface area contributed by atoms with Crippen molar-refractivity contribution in [1.29, 1.82) is 0 Å². The third-order valence-electron chi connectivity index (χ3n) is 3.38. The molecule has 0 aromatic heterocycles. The van der Waals surface area contributed by atoms with E-state index in [1.165, 1.54) is 25.7 Å². The third kappa shape index (κ3) is 1.35. The van der Waals surface area contributed by atoms with Crippen molar-refractivity contribution < 1.29 is 4.79 Å². The molecule has 2 aliphatic rings. The van der Waals surface area contributed by atoms with Gasteiger partial charge in [0.1, 0.15) is 0 Å². The van der Waals surface area contributed by atoms with Crippen LogP contribution in [-0.2, 0) is 4.79 Å². The first-order valence-electron chi connectivity index (χ1n) is 4.97. The summed E-state index contributed by atoms with van der Waals surface area (Å²) < 4.78 is 0. The van der Waals surface area contributed by atoms with E-state index in [1.807, 2.05) is 0 Å². The lowest BCUT2D eigenvalue weighted by atomic mass is 9.69. The SMILES string of the molecule is C[C@H]1CCC[C@@]2(CNC(=O)C2)C1. The number of rotatable bonds is 0. The van der Waals surface area contributed by atoms with Crippen molar-refractivity contribution in [3.63, 3.8) is 0 Å². The molecule has 0 bridgehead atoms. The fraction of sp³-hybridized carbons (Fsp3) is 0.900. The second-order valence-electron chi connectivity index (χ2n) is 4.66. The average molecular weight is 167 g/mol. The van der Waals surface area contributed by atoms with Crippen LogP contribution in [0.4, 0.5) is 0 Å². The zero-order valence-electron chi connectivity index (χ0n) is 7.73. The number of amides is 1. The van der Waals surface area contributed by atoms with Gasteiger partial charge >= 0.3 is 0 Å². The second-order valence-corrected chi connectivity index (χ2v) is 4.66. The smallest absolute Gasteiger partial charge is 0.220 e. The number of hydrogen-bond acceptors (Lipinski definition) is 1. The molecule has 0 aromatic carbocycles. The van der Waals surface area contributed by atoms with Crippen LogP contribution in [0.15, 0.2) is 0 Å². The van der Waals surface area contributed by atoms with Gasteiger partial charge in [0.2, 0.25) is 5.91 Å². The lowest BCUT2D eigenvalue weighted by Gasteiger charge is -2.35. The maximum Gasteiger partial charge on any atom is 0.220 e. The molecule has 1 heterocycles. The Bertz CT molecular complexity index is 202. The molecule has 1 spiro atoms. The van der Waals surface area contributed by atoms with Gasteiger partial charge in [-0.3, -0.25) is 4.79 Å². The van der Waals surface area contributed by atoms with E-state index in [-0.39, 0.29) is 5.91 Å². The third-order valence-corrected chi connectivity index (χ3v) is 3.38. The standard InChI is InChI=1S/C10H17NO/c1-8-3-2-4-10(5-8)6-9(12)11-7-10/h8H,2-7H2,1H3,(H,11,12)/t8-,10+/m0/s1. The van der Waals surface area contributed by atoms with E-state index in [0.717, 1.165) is 18.9 Å². The summed E-state index contributed by atoms with van der Waals surface area (Å²) in [6, 6.07) is 0. The van der Waals surface area contributed by atoms with E-state index in [9.17, 15) is 4.79 Å². The van der Waals surface area contributed by atoms with Crippen LogP contribution in [-0.4, -0.2) is 12.5 Å². The highest BCUT2D eigenvalue weighted by Crippen LogP contribution is 2.43. The second kappa shape index (κ2) is 2.75. The molecule has 2 heteroatoms. The van der Waals surface area contributed by atoms with Gasteiger partial charge in [-0.15, -0.1) is 0 Å². The van der Waals surface area contributed by atoms with E-state index in [1.54, 1.807) is 0 Å². The van der Waals surface area contributed by atoms with E-state index < -0.39 is 0 Å². The first kappa shape index (κ1) is 8.09. The topological polar surface area (TPSA) is 29.1 Å². The summed E-state index contributed by atoms with van der Waals surface area (Å²) in [7, 11) is 0. The quantitative estimate of drug-likeness (QED) is 0.584. The minimum absolute atomic E-state index is 0.268. The molecule has 1 aliphatic carbocycles. The summed E-state index contributed by atoms with van der Waals surface area (Å²) in [4.78, 5) is 11.1. The molecule has 1 N–H and O–H groups in total. The first-order valence-corrected chi connectivity index (χ1v) is 4.97. The van der Waals surface area contributed by atoms with Crippen LogP contribution in [0.2, 0.25) is 0 Å².